The second-order valence-corrected chi connectivity index (χ2v) is 7.15. The van der Waals surface area contributed by atoms with Crippen molar-refractivity contribution < 1.29 is 19.4 Å². The van der Waals surface area contributed by atoms with Crippen LogP contribution in [0.15, 0.2) is 54.6 Å². The van der Waals surface area contributed by atoms with E-state index in [-0.39, 0.29) is 12.3 Å². The van der Waals surface area contributed by atoms with Crippen molar-refractivity contribution in [1.82, 2.24) is 0 Å². The maximum Gasteiger partial charge on any atom is 0.310 e. The summed E-state index contributed by atoms with van der Waals surface area (Å²) in [4.78, 5) is 23.6. The molecule has 142 valence electrons. The summed E-state index contributed by atoms with van der Waals surface area (Å²) in [6.45, 7) is 1.09. The highest BCUT2D eigenvalue weighted by Gasteiger charge is 2.45. The second kappa shape index (κ2) is 8.82. The minimum atomic E-state index is -0.873. The van der Waals surface area contributed by atoms with E-state index in [2.05, 4.69) is 17.4 Å². The predicted octanol–water partition coefficient (Wildman–Crippen LogP) is 4.03. The Balaban J connectivity index is 1.47. The van der Waals surface area contributed by atoms with Gasteiger partial charge in [-0.3, -0.25) is 9.59 Å². The number of nitrogens with one attached hydrogen (secondary N) is 1. The Morgan fingerprint density at radius 1 is 1.04 bits per heavy atom. The summed E-state index contributed by atoms with van der Waals surface area (Å²) >= 11 is 0. The van der Waals surface area contributed by atoms with Crippen LogP contribution in [0.4, 0.5) is 5.69 Å². The van der Waals surface area contributed by atoms with Gasteiger partial charge in [-0.25, -0.2) is 0 Å². The van der Waals surface area contributed by atoms with Crippen molar-refractivity contribution in [2.75, 3.05) is 11.9 Å². The van der Waals surface area contributed by atoms with Gasteiger partial charge in [0.2, 0.25) is 5.91 Å². The molecular formula is C22H25NO4. The molecule has 5 heteroatoms. The molecule has 0 heterocycles. The average molecular weight is 367 g/mol. The zero-order valence-electron chi connectivity index (χ0n) is 15.3. The highest BCUT2D eigenvalue weighted by atomic mass is 16.5. The summed E-state index contributed by atoms with van der Waals surface area (Å²) < 4.78 is 5.73. The monoisotopic (exact) mass is 367 g/mol. The van der Waals surface area contributed by atoms with Crippen LogP contribution in [0.1, 0.15) is 36.8 Å². The van der Waals surface area contributed by atoms with E-state index in [0.29, 0.717) is 31.7 Å². The van der Waals surface area contributed by atoms with E-state index < -0.39 is 11.4 Å². The van der Waals surface area contributed by atoms with Gasteiger partial charge in [0.1, 0.15) is 0 Å². The first-order valence-corrected chi connectivity index (χ1v) is 9.31. The van der Waals surface area contributed by atoms with Gasteiger partial charge in [-0.2, -0.15) is 0 Å². The van der Waals surface area contributed by atoms with E-state index in [0.717, 1.165) is 18.4 Å². The molecule has 1 aliphatic carbocycles. The summed E-state index contributed by atoms with van der Waals surface area (Å²) in [5, 5.41) is 12.2. The first-order valence-electron chi connectivity index (χ1n) is 9.31. The van der Waals surface area contributed by atoms with Crippen LogP contribution in [0.25, 0.3) is 0 Å². The largest absolute Gasteiger partial charge is 0.481 e. The topological polar surface area (TPSA) is 75.6 Å². The van der Waals surface area contributed by atoms with E-state index in [4.69, 9.17) is 4.74 Å². The zero-order valence-corrected chi connectivity index (χ0v) is 15.3. The lowest BCUT2D eigenvalue weighted by molar-refractivity contribution is -0.157. The van der Waals surface area contributed by atoms with Gasteiger partial charge < -0.3 is 15.2 Å². The van der Waals surface area contributed by atoms with Crippen LogP contribution in [0.5, 0.6) is 0 Å². The third-order valence-electron chi connectivity index (χ3n) is 5.12. The molecule has 3 rings (SSSR count). The number of benzene rings is 2. The summed E-state index contributed by atoms with van der Waals surface area (Å²) in [7, 11) is 0. The van der Waals surface area contributed by atoms with Crippen molar-refractivity contribution in [2.45, 2.75) is 38.7 Å². The number of carboxylic acids is 1. The fourth-order valence-electron chi connectivity index (χ4n) is 3.35. The molecule has 1 fully saturated rings. The molecule has 2 aromatic rings. The Labute approximate surface area is 159 Å². The molecule has 0 bridgehead atoms. The summed E-state index contributed by atoms with van der Waals surface area (Å²) in [6.07, 6.45) is 2.90. The van der Waals surface area contributed by atoms with Gasteiger partial charge in [-0.15, -0.1) is 0 Å². The first-order chi connectivity index (χ1) is 13.1. The number of rotatable bonds is 9. The normalized spacial score (nSPS) is 15.0. The van der Waals surface area contributed by atoms with E-state index >= 15 is 0 Å². The fourth-order valence-corrected chi connectivity index (χ4v) is 3.35. The van der Waals surface area contributed by atoms with Crippen LogP contribution >= 0.6 is 0 Å². The van der Waals surface area contributed by atoms with Crippen molar-refractivity contribution in [3.05, 3.63) is 65.7 Å². The van der Waals surface area contributed by atoms with Gasteiger partial charge in [-0.1, -0.05) is 48.9 Å². The van der Waals surface area contributed by atoms with Crippen molar-refractivity contribution in [1.29, 1.82) is 0 Å². The molecule has 0 radical (unpaired) electrons. The molecule has 0 unspecified atom stereocenters. The first kappa shape index (κ1) is 19.1. The average Bonchev–Trinajstić information content (AvgIpc) is 2.63. The second-order valence-electron chi connectivity index (χ2n) is 7.15. The number of aliphatic carboxylic acids is 1. The van der Waals surface area contributed by atoms with E-state index in [9.17, 15) is 14.7 Å². The number of anilines is 1. The minimum absolute atomic E-state index is 0.0279. The number of hydrogen-bond acceptors (Lipinski definition) is 3. The number of carbonyl (C=O) groups excluding carboxylic acids is 1. The Morgan fingerprint density at radius 2 is 1.78 bits per heavy atom. The lowest BCUT2D eigenvalue weighted by atomic mass is 9.66. The Kier molecular flexibility index (Phi) is 6.24. The minimum Gasteiger partial charge on any atom is -0.481 e. The molecular weight excluding hydrogens is 342 g/mol. The maximum atomic E-state index is 12.2. The highest BCUT2D eigenvalue weighted by molar-refractivity contribution is 5.94. The van der Waals surface area contributed by atoms with Gasteiger partial charge >= 0.3 is 5.97 Å². The van der Waals surface area contributed by atoms with Crippen LogP contribution in [-0.2, 0) is 27.4 Å². The number of hydrogen-bond donors (Lipinski definition) is 2. The van der Waals surface area contributed by atoms with Gasteiger partial charge in [0.25, 0.3) is 0 Å². The number of carboxylic acid groups (broad SMARTS) is 1. The Bertz CT molecular complexity index is 784. The maximum absolute atomic E-state index is 12.2. The predicted molar refractivity (Wildman–Crippen MR) is 103 cm³/mol. The fraction of sp³-hybridized carbons (Fsp3) is 0.364. The zero-order chi connectivity index (χ0) is 19.1. The number of carbonyl (C=O) groups is 2. The Hall–Kier alpha value is -2.66. The molecule has 0 aliphatic heterocycles. The van der Waals surface area contributed by atoms with Crippen LogP contribution in [0.3, 0.4) is 0 Å². The van der Waals surface area contributed by atoms with Crippen LogP contribution < -0.4 is 5.32 Å². The van der Waals surface area contributed by atoms with E-state index in [1.165, 1.54) is 5.56 Å². The van der Waals surface area contributed by atoms with Gasteiger partial charge in [0.15, 0.2) is 0 Å². The third kappa shape index (κ3) is 5.17. The molecule has 5 nitrogen and oxygen atoms in total. The Morgan fingerprint density at radius 3 is 2.44 bits per heavy atom. The number of ether oxygens (including phenoxy) is 1. The molecule has 0 atom stereocenters. The van der Waals surface area contributed by atoms with E-state index in [1.54, 1.807) is 6.07 Å². The third-order valence-corrected chi connectivity index (χ3v) is 5.12. The molecule has 0 saturated heterocycles. The highest BCUT2D eigenvalue weighted by Crippen LogP contribution is 2.44. The van der Waals surface area contributed by atoms with Crippen molar-refractivity contribution in [2.24, 2.45) is 5.41 Å². The van der Waals surface area contributed by atoms with E-state index in [1.807, 2.05) is 36.4 Å². The van der Waals surface area contributed by atoms with Gasteiger partial charge in [-0.05, 0) is 42.5 Å². The van der Waals surface area contributed by atoms with Gasteiger partial charge in [0, 0.05) is 12.1 Å². The molecule has 0 aromatic heterocycles. The SMILES string of the molecule is O=C(CC1(C(=O)O)CCC1)Nc1cccc(COCCc2ccccc2)c1. The van der Waals surface area contributed by atoms with Crippen molar-refractivity contribution in [3.63, 3.8) is 0 Å². The molecule has 0 spiro atoms. The smallest absolute Gasteiger partial charge is 0.310 e. The lowest BCUT2D eigenvalue weighted by Gasteiger charge is -2.36. The van der Waals surface area contributed by atoms with Gasteiger partial charge in [0.05, 0.1) is 18.6 Å². The standard InChI is InChI=1S/C22H25NO4/c24-20(15-22(21(25)26)11-5-12-22)23-19-9-4-8-18(14-19)16-27-13-10-17-6-2-1-3-7-17/h1-4,6-9,14H,5,10-13,15-16H2,(H,23,24)(H,25,26). The molecule has 1 amide bonds. The molecule has 2 N–H and O–H groups in total. The summed E-state index contributed by atoms with van der Waals surface area (Å²) in [5.41, 5.74) is 2.01. The van der Waals surface area contributed by atoms with Crippen molar-refractivity contribution >= 4 is 17.6 Å². The molecule has 2 aromatic carbocycles. The summed E-state index contributed by atoms with van der Waals surface area (Å²) in [6, 6.07) is 17.7. The molecule has 1 saturated carbocycles. The quantitative estimate of drug-likeness (QED) is 0.656. The lowest BCUT2D eigenvalue weighted by Crippen LogP contribution is -2.41. The van der Waals surface area contributed by atoms with Crippen LogP contribution in [0.2, 0.25) is 0 Å². The molecule has 27 heavy (non-hydrogen) atoms. The van der Waals surface area contributed by atoms with Crippen LogP contribution in [-0.4, -0.2) is 23.6 Å². The van der Waals surface area contributed by atoms with Crippen LogP contribution in [0, 0.1) is 5.41 Å². The molecule has 1 aliphatic rings. The van der Waals surface area contributed by atoms with Crippen molar-refractivity contribution in [3.8, 4) is 0 Å². The summed E-state index contributed by atoms with van der Waals surface area (Å²) in [5.74, 6) is -1.12. The number of amides is 1.